The number of rotatable bonds is 3. The zero-order valence-electron chi connectivity index (χ0n) is 12.7. The van der Waals surface area contributed by atoms with E-state index in [1.807, 2.05) is 0 Å². The van der Waals surface area contributed by atoms with E-state index in [1.54, 1.807) is 0 Å². The molecular weight excluding hydrogens is 322 g/mol. The third-order valence-electron chi connectivity index (χ3n) is 3.08. The van der Waals surface area contributed by atoms with E-state index in [1.165, 1.54) is 11.1 Å². The monoisotopic (exact) mass is 335 g/mol. The number of hydrogen-bond donors (Lipinski definition) is 1. The van der Waals surface area contributed by atoms with Gasteiger partial charge in [-0.25, -0.2) is 0 Å². The molecule has 0 aliphatic carbocycles. The van der Waals surface area contributed by atoms with E-state index in [0.717, 1.165) is 0 Å². The molecule has 0 bridgehead atoms. The molecule has 0 heterocycles. The molecule has 24 heavy (non-hydrogen) atoms. The summed E-state index contributed by atoms with van der Waals surface area (Å²) >= 11 is 0. The fourth-order valence-electron chi connectivity index (χ4n) is 1.64. The topological polar surface area (TPSA) is 150 Å². The Kier molecular flexibility index (Phi) is 5.88. The Balaban J connectivity index is 0.000000300. The first-order valence-electron chi connectivity index (χ1n) is 6.47. The Morgan fingerprint density at radius 1 is 0.792 bits per heavy atom. The minimum Gasteiger partial charge on any atom is -0.497 e. The summed E-state index contributed by atoms with van der Waals surface area (Å²) < 4.78 is 0. The lowest BCUT2D eigenvalue weighted by molar-refractivity contribution is -0.404. The molecule has 2 rings (SSSR count). The van der Waals surface area contributed by atoms with Gasteiger partial charge in [0.15, 0.2) is 0 Å². The second-order valence-corrected chi connectivity index (χ2v) is 4.69. The highest BCUT2D eigenvalue weighted by Crippen LogP contribution is 2.38. The Labute approximate surface area is 135 Å². The number of benzene rings is 2. The van der Waals surface area contributed by atoms with Crippen molar-refractivity contribution in [3.63, 3.8) is 0 Å². The van der Waals surface area contributed by atoms with Crippen LogP contribution in [0.3, 0.4) is 0 Å². The van der Waals surface area contributed by atoms with Crippen LogP contribution in [0.2, 0.25) is 0 Å². The Morgan fingerprint density at radius 3 is 1.42 bits per heavy atom. The molecule has 0 aliphatic heterocycles. The fraction of sp³-hybridized carbons (Fsp3) is 0.143. The Bertz CT molecular complexity index is 749. The molecule has 0 aromatic heterocycles. The van der Waals surface area contributed by atoms with Gasteiger partial charge in [-0.3, -0.25) is 30.3 Å². The second kappa shape index (κ2) is 7.63. The molecule has 2 aromatic carbocycles. The highest BCUT2D eigenvalue weighted by Gasteiger charge is 2.30. The van der Waals surface area contributed by atoms with Crippen molar-refractivity contribution < 1.29 is 19.9 Å². The van der Waals surface area contributed by atoms with Crippen molar-refractivity contribution in [1.82, 2.24) is 0 Å². The lowest BCUT2D eigenvalue weighted by atomic mass is 10.1. The van der Waals surface area contributed by atoms with E-state index in [-0.39, 0.29) is 0 Å². The van der Waals surface area contributed by atoms with Crippen LogP contribution in [0.25, 0.3) is 0 Å². The molecule has 0 saturated carbocycles. The Hall–Kier alpha value is -3.56. The summed E-state index contributed by atoms with van der Waals surface area (Å²) in [5.74, 6) is -1.21. The first-order valence-corrected chi connectivity index (χ1v) is 6.47. The van der Waals surface area contributed by atoms with E-state index in [4.69, 9.17) is 5.11 Å². The zero-order valence-corrected chi connectivity index (χ0v) is 12.7. The SMILES string of the molecule is Cc1ccccc1C.O=[N+]([O-])c1cc([N+](=O)[O-])c(O)c([N+](=O)[O-])c1. The molecule has 10 heteroatoms. The van der Waals surface area contributed by atoms with Crippen molar-refractivity contribution in [2.75, 3.05) is 0 Å². The average molecular weight is 335 g/mol. The van der Waals surface area contributed by atoms with Gasteiger partial charge in [0.25, 0.3) is 11.4 Å². The van der Waals surface area contributed by atoms with Gasteiger partial charge in [-0.15, -0.1) is 0 Å². The number of aromatic hydroxyl groups is 1. The number of nitrogens with zero attached hydrogens (tertiary/aromatic N) is 3. The summed E-state index contributed by atoms with van der Waals surface area (Å²) in [5.41, 5.74) is -0.266. The summed E-state index contributed by atoms with van der Waals surface area (Å²) in [6, 6.07) is 9.25. The van der Waals surface area contributed by atoms with Gasteiger partial charge in [0, 0.05) is 0 Å². The van der Waals surface area contributed by atoms with E-state index in [2.05, 4.69) is 38.1 Å². The van der Waals surface area contributed by atoms with E-state index < -0.39 is 37.6 Å². The predicted octanol–water partition coefficient (Wildman–Crippen LogP) is 3.42. The van der Waals surface area contributed by atoms with Crippen LogP contribution in [0.15, 0.2) is 36.4 Å². The van der Waals surface area contributed by atoms with Gasteiger partial charge in [0.1, 0.15) is 0 Å². The zero-order chi connectivity index (χ0) is 18.4. The normalized spacial score (nSPS) is 9.58. The van der Waals surface area contributed by atoms with E-state index >= 15 is 0 Å². The van der Waals surface area contributed by atoms with Crippen LogP contribution in [-0.4, -0.2) is 19.9 Å². The predicted molar refractivity (Wildman–Crippen MR) is 84.0 cm³/mol. The molecule has 126 valence electrons. The van der Waals surface area contributed by atoms with Gasteiger partial charge >= 0.3 is 11.4 Å². The van der Waals surface area contributed by atoms with Crippen molar-refractivity contribution in [3.8, 4) is 5.75 Å². The number of aryl methyl sites for hydroxylation is 2. The minimum atomic E-state index is -1.21. The van der Waals surface area contributed by atoms with Crippen LogP contribution in [0.5, 0.6) is 5.75 Å². The second-order valence-electron chi connectivity index (χ2n) is 4.69. The van der Waals surface area contributed by atoms with Crippen molar-refractivity contribution in [1.29, 1.82) is 0 Å². The summed E-state index contributed by atoms with van der Waals surface area (Å²) in [4.78, 5) is 27.8. The Morgan fingerprint density at radius 2 is 1.17 bits per heavy atom. The van der Waals surface area contributed by atoms with Crippen molar-refractivity contribution in [3.05, 3.63) is 77.9 Å². The molecule has 0 saturated heterocycles. The minimum absolute atomic E-state index is 0.447. The fourth-order valence-corrected chi connectivity index (χ4v) is 1.64. The van der Waals surface area contributed by atoms with Crippen LogP contribution in [0, 0.1) is 44.2 Å². The van der Waals surface area contributed by atoms with Crippen molar-refractivity contribution >= 4 is 17.1 Å². The highest BCUT2D eigenvalue weighted by atomic mass is 16.6. The number of phenols is 1. The third-order valence-corrected chi connectivity index (χ3v) is 3.08. The van der Waals surface area contributed by atoms with Crippen LogP contribution >= 0.6 is 0 Å². The quantitative estimate of drug-likeness (QED) is 0.666. The first kappa shape index (κ1) is 18.5. The van der Waals surface area contributed by atoms with Gasteiger partial charge in [0.2, 0.25) is 0 Å². The van der Waals surface area contributed by atoms with Crippen LogP contribution in [0.1, 0.15) is 11.1 Å². The van der Waals surface area contributed by atoms with Crippen molar-refractivity contribution in [2.24, 2.45) is 0 Å². The van der Waals surface area contributed by atoms with Crippen LogP contribution < -0.4 is 0 Å². The number of non-ortho nitro benzene ring substituents is 1. The lowest BCUT2D eigenvalue weighted by Crippen LogP contribution is -1.97. The molecule has 2 aromatic rings. The van der Waals surface area contributed by atoms with Gasteiger partial charge in [-0.1, -0.05) is 24.3 Å². The summed E-state index contributed by atoms with van der Waals surface area (Å²) in [7, 11) is 0. The highest BCUT2D eigenvalue weighted by molar-refractivity contribution is 5.64. The third kappa shape index (κ3) is 4.47. The smallest absolute Gasteiger partial charge is 0.324 e. The summed E-state index contributed by atoms with van der Waals surface area (Å²) in [5, 5.41) is 40.2. The molecule has 0 aliphatic rings. The first-order chi connectivity index (χ1) is 11.1. The number of nitro benzene ring substituents is 3. The number of nitro groups is 3. The molecule has 10 nitrogen and oxygen atoms in total. The van der Waals surface area contributed by atoms with Gasteiger partial charge < -0.3 is 5.11 Å². The summed E-state index contributed by atoms with van der Waals surface area (Å²) in [6.45, 7) is 4.24. The van der Waals surface area contributed by atoms with Crippen molar-refractivity contribution in [2.45, 2.75) is 13.8 Å². The van der Waals surface area contributed by atoms with E-state index in [0.29, 0.717) is 12.1 Å². The lowest BCUT2D eigenvalue weighted by Gasteiger charge is -1.97. The van der Waals surface area contributed by atoms with Gasteiger partial charge in [-0.05, 0) is 25.0 Å². The standard InChI is InChI=1S/C8H10.C6H3N3O7/c1-7-5-3-4-6-8(7)2;10-6-4(8(13)14)1-3(7(11)12)2-5(6)9(15)16/h3-6H,1-2H3;1-2,10H. The van der Waals surface area contributed by atoms with E-state index in [9.17, 15) is 30.3 Å². The maximum atomic E-state index is 10.4. The average Bonchev–Trinajstić information content (AvgIpc) is 2.50. The summed E-state index contributed by atoms with van der Waals surface area (Å²) in [6.07, 6.45) is 0. The molecule has 0 radical (unpaired) electrons. The van der Waals surface area contributed by atoms with Gasteiger partial charge in [0.05, 0.1) is 26.9 Å². The molecule has 1 N–H and O–H groups in total. The molecule has 0 atom stereocenters. The maximum absolute atomic E-state index is 10.4. The van der Waals surface area contributed by atoms with Crippen LogP contribution in [0.4, 0.5) is 17.1 Å². The molecule has 0 unspecified atom stereocenters. The molecule has 0 fully saturated rings. The largest absolute Gasteiger partial charge is 0.497 e. The maximum Gasteiger partial charge on any atom is 0.324 e. The van der Waals surface area contributed by atoms with Gasteiger partial charge in [-0.2, -0.15) is 0 Å². The van der Waals surface area contributed by atoms with Crippen LogP contribution in [-0.2, 0) is 0 Å². The molecular formula is C14H13N3O7. The molecule has 0 spiro atoms. The number of phenolic OH excluding ortho intramolecular Hbond substituents is 1. The molecule has 0 amide bonds. The number of hydrogen-bond acceptors (Lipinski definition) is 7.